The van der Waals surface area contributed by atoms with Crippen molar-refractivity contribution in [1.29, 1.82) is 0 Å². The van der Waals surface area contributed by atoms with Crippen molar-refractivity contribution in [3.8, 4) is 0 Å². The van der Waals surface area contributed by atoms with E-state index in [0.29, 0.717) is 6.04 Å². The molecule has 1 aliphatic carbocycles. The largest absolute Gasteiger partial charge is 0.392 e. The van der Waals surface area contributed by atoms with Crippen LogP contribution >= 0.6 is 0 Å². The third-order valence-corrected chi connectivity index (χ3v) is 3.51. The highest BCUT2D eigenvalue weighted by Crippen LogP contribution is 2.24. The van der Waals surface area contributed by atoms with E-state index in [1.54, 1.807) is 0 Å². The van der Waals surface area contributed by atoms with Gasteiger partial charge in [-0.15, -0.1) is 0 Å². The number of nitrogens with one attached hydrogen (secondary N) is 1. The molecule has 16 heavy (non-hydrogen) atoms. The van der Waals surface area contributed by atoms with E-state index in [-0.39, 0.29) is 11.5 Å². The molecule has 96 valence electrons. The van der Waals surface area contributed by atoms with Crippen LogP contribution in [0.2, 0.25) is 0 Å². The highest BCUT2D eigenvalue weighted by molar-refractivity contribution is 4.77. The fourth-order valence-electron chi connectivity index (χ4n) is 2.55. The topological polar surface area (TPSA) is 32.3 Å². The zero-order valence-electron chi connectivity index (χ0n) is 11.4. The van der Waals surface area contributed by atoms with Crippen LogP contribution in [0.3, 0.4) is 0 Å². The molecule has 0 radical (unpaired) electrons. The first kappa shape index (κ1) is 14.0. The van der Waals surface area contributed by atoms with Gasteiger partial charge in [0.25, 0.3) is 0 Å². The molecule has 0 bridgehead atoms. The van der Waals surface area contributed by atoms with Crippen molar-refractivity contribution in [2.75, 3.05) is 6.54 Å². The summed E-state index contributed by atoms with van der Waals surface area (Å²) in [6, 6.07) is 0.644. The predicted molar refractivity (Wildman–Crippen MR) is 69.5 cm³/mol. The van der Waals surface area contributed by atoms with E-state index in [4.69, 9.17) is 0 Å². The Kier molecular flexibility index (Phi) is 5.26. The lowest BCUT2D eigenvalue weighted by Crippen LogP contribution is -2.38. The Labute approximate surface area is 101 Å². The highest BCUT2D eigenvalue weighted by atomic mass is 16.3. The summed E-state index contributed by atoms with van der Waals surface area (Å²) in [6.07, 6.45) is 5.93. The molecule has 2 N–H and O–H groups in total. The Balaban J connectivity index is 2.14. The molecule has 0 aromatic rings. The van der Waals surface area contributed by atoms with Gasteiger partial charge >= 0.3 is 0 Å². The average Bonchev–Trinajstić information content (AvgIpc) is 2.14. The SMILES string of the molecule is CC1CCC(NCC(O)CC(C)(C)C)CC1. The molecule has 1 aliphatic rings. The number of rotatable bonds is 4. The molecule has 0 saturated heterocycles. The standard InChI is InChI=1S/C14H29NO/c1-11-5-7-12(8-6-11)15-10-13(16)9-14(2,3)4/h11-13,15-16H,5-10H2,1-4H3. The molecular formula is C14H29NO. The Bertz CT molecular complexity index is 189. The molecule has 1 atom stereocenters. The molecule has 0 heterocycles. The fourth-order valence-corrected chi connectivity index (χ4v) is 2.55. The van der Waals surface area contributed by atoms with Crippen LogP contribution < -0.4 is 5.32 Å². The second-order valence-corrected chi connectivity index (χ2v) is 6.78. The van der Waals surface area contributed by atoms with Gasteiger partial charge in [0, 0.05) is 12.6 Å². The Morgan fingerprint density at radius 3 is 2.25 bits per heavy atom. The molecule has 2 nitrogen and oxygen atoms in total. The molecule has 1 saturated carbocycles. The number of aliphatic hydroxyl groups is 1. The lowest BCUT2D eigenvalue weighted by molar-refractivity contribution is 0.113. The molecule has 0 aromatic heterocycles. The summed E-state index contributed by atoms with van der Waals surface area (Å²) in [4.78, 5) is 0. The van der Waals surface area contributed by atoms with Gasteiger partial charge in [0.1, 0.15) is 0 Å². The van der Waals surface area contributed by atoms with E-state index in [1.807, 2.05) is 0 Å². The van der Waals surface area contributed by atoms with Gasteiger partial charge in [0.05, 0.1) is 6.10 Å². The van der Waals surface area contributed by atoms with E-state index in [2.05, 4.69) is 33.0 Å². The smallest absolute Gasteiger partial charge is 0.0669 e. The number of hydrogen-bond acceptors (Lipinski definition) is 2. The molecular weight excluding hydrogens is 198 g/mol. The minimum Gasteiger partial charge on any atom is -0.392 e. The van der Waals surface area contributed by atoms with Crippen LogP contribution in [0.25, 0.3) is 0 Å². The van der Waals surface area contributed by atoms with Crippen LogP contribution in [0.5, 0.6) is 0 Å². The maximum Gasteiger partial charge on any atom is 0.0669 e. The second-order valence-electron chi connectivity index (χ2n) is 6.78. The summed E-state index contributed by atoms with van der Waals surface area (Å²) in [6.45, 7) is 9.64. The molecule has 1 fully saturated rings. The van der Waals surface area contributed by atoms with Crippen molar-refractivity contribution in [3.05, 3.63) is 0 Å². The van der Waals surface area contributed by atoms with Crippen molar-refractivity contribution in [1.82, 2.24) is 5.32 Å². The first-order chi connectivity index (χ1) is 7.37. The molecule has 0 spiro atoms. The van der Waals surface area contributed by atoms with Gasteiger partial charge in [-0.05, 0) is 43.4 Å². The van der Waals surface area contributed by atoms with E-state index >= 15 is 0 Å². The van der Waals surface area contributed by atoms with Crippen molar-refractivity contribution in [2.24, 2.45) is 11.3 Å². The zero-order valence-corrected chi connectivity index (χ0v) is 11.4. The van der Waals surface area contributed by atoms with Gasteiger partial charge in [-0.2, -0.15) is 0 Å². The third kappa shape index (κ3) is 5.86. The van der Waals surface area contributed by atoms with Crippen LogP contribution in [-0.2, 0) is 0 Å². The molecule has 0 aromatic carbocycles. The summed E-state index contributed by atoms with van der Waals surface area (Å²) in [5.74, 6) is 0.901. The van der Waals surface area contributed by atoms with Gasteiger partial charge in [0.15, 0.2) is 0 Å². The fraction of sp³-hybridized carbons (Fsp3) is 1.00. The van der Waals surface area contributed by atoms with Gasteiger partial charge in [-0.3, -0.25) is 0 Å². The normalized spacial score (nSPS) is 29.1. The molecule has 2 heteroatoms. The van der Waals surface area contributed by atoms with Crippen molar-refractivity contribution < 1.29 is 5.11 Å². The third-order valence-electron chi connectivity index (χ3n) is 3.51. The van der Waals surface area contributed by atoms with Crippen molar-refractivity contribution in [3.63, 3.8) is 0 Å². The predicted octanol–water partition coefficient (Wildman–Crippen LogP) is 2.95. The molecule has 0 aliphatic heterocycles. The lowest BCUT2D eigenvalue weighted by atomic mass is 9.86. The summed E-state index contributed by atoms with van der Waals surface area (Å²) in [5, 5.41) is 13.4. The minimum atomic E-state index is -0.195. The Morgan fingerprint density at radius 2 is 1.75 bits per heavy atom. The average molecular weight is 227 g/mol. The van der Waals surface area contributed by atoms with E-state index in [9.17, 15) is 5.11 Å². The van der Waals surface area contributed by atoms with E-state index in [0.717, 1.165) is 18.9 Å². The van der Waals surface area contributed by atoms with Crippen LogP contribution in [-0.4, -0.2) is 23.8 Å². The zero-order chi connectivity index (χ0) is 12.2. The maximum absolute atomic E-state index is 9.90. The second kappa shape index (κ2) is 6.02. The van der Waals surface area contributed by atoms with Crippen LogP contribution in [0.15, 0.2) is 0 Å². The van der Waals surface area contributed by atoms with Crippen LogP contribution in [0.4, 0.5) is 0 Å². The van der Waals surface area contributed by atoms with Crippen molar-refractivity contribution in [2.45, 2.75) is 71.9 Å². The quantitative estimate of drug-likeness (QED) is 0.774. The number of hydrogen-bond donors (Lipinski definition) is 2. The summed E-state index contributed by atoms with van der Waals surface area (Å²) < 4.78 is 0. The van der Waals surface area contributed by atoms with Gasteiger partial charge in [0.2, 0.25) is 0 Å². The maximum atomic E-state index is 9.90. The number of aliphatic hydroxyl groups excluding tert-OH is 1. The minimum absolute atomic E-state index is 0.195. The molecule has 1 unspecified atom stereocenters. The summed E-state index contributed by atoms with van der Waals surface area (Å²) in [7, 11) is 0. The van der Waals surface area contributed by atoms with Gasteiger partial charge in [-0.25, -0.2) is 0 Å². The van der Waals surface area contributed by atoms with Gasteiger partial charge < -0.3 is 10.4 Å². The highest BCUT2D eigenvalue weighted by Gasteiger charge is 2.20. The monoisotopic (exact) mass is 227 g/mol. The van der Waals surface area contributed by atoms with E-state index in [1.165, 1.54) is 25.7 Å². The summed E-state index contributed by atoms with van der Waals surface area (Å²) >= 11 is 0. The van der Waals surface area contributed by atoms with Gasteiger partial charge in [-0.1, -0.05) is 27.7 Å². The Morgan fingerprint density at radius 1 is 1.19 bits per heavy atom. The summed E-state index contributed by atoms with van der Waals surface area (Å²) in [5.41, 5.74) is 0.224. The lowest BCUT2D eigenvalue weighted by Gasteiger charge is -2.29. The molecule has 0 amide bonds. The molecule has 1 rings (SSSR count). The first-order valence-corrected chi connectivity index (χ1v) is 6.78. The Hall–Kier alpha value is -0.0800. The first-order valence-electron chi connectivity index (χ1n) is 6.78. The van der Waals surface area contributed by atoms with Crippen LogP contribution in [0, 0.1) is 11.3 Å². The van der Waals surface area contributed by atoms with E-state index < -0.39 is 0 Å². The van der Waals surface area contributed by atoms with Crippen molar-refractivity contribution >= 4 is 0 Å². The van der Waals surface area contributed by atoms with Crippen LogP contribution in [0.1, 0.15) is 59.8 Å².